The van der Waals surface area contributed by atoms with Crippen molar-refractivity contribution >= 4 is 11.6 Å². The fraction of sp³-hybridized carbons (Fsp3) is 0.417. The number of piperidine rings is 1. The molecule has 1 aromatic carbocycles. The molecule has 0 bridgehead atoms. The molecule has 0 spiro atoms. The van der Waals surface area contributed by atoms with E-state index < -0.39 is 22.8 Å². The third-order valence-corrected chi connectivity index (χ3v) is 3.15. The van der Waals surface area contributed by atoms with E-state index in [4.69, 9.17) is 0 Å². The number of amides is 1. The second-order valence-corrected chi connectivity index (χ2v) is 4.44. The lowest BCUT2D eigenvalue weighted by Crippen LogP contribution is -2.40. The van der Waals surface area contributed by atoms with Crippen molar-refractivity contribution in [3.63, 3.8) is 0 Å². The predicted molar refractivity (Wildman–Crippen MR) is 64.2 cm³/mol. The molecule has 19 heavy (non-hydrogen) atoms. The van der Waals surface area contributed by atoms with Crippen molar-refractivity contribution in [1.82, 2.24) is 4.90 Å². The van der Waals surface area contributed by atoms with E-state index >= 15 is 0 Å². The zero-order valence-corrected chi connectivity index (χ0v) is 10.1. The molecule has 0 atom stereocenters. The van der Waals surface area contributed by atoms with Gasteiger partial charge in [-0.3, -0.25) is 14.9 Å². The van der Waals surface area contributed by atoms with E-state index in [1.807, 2.05) is 0 Å². The van der Waals surface area contributed by atoms with Gasteiger partial charge in [-0.1, -0.05) is 0 Å². The second kappa shape index (κ2) is 5.31. The maximum absolute atomic E-state index is 13.7. The summed E-state index contributed by atoms with van der Waals surface area (Å²) >= 11 is 0. The predicted octanol–water partition coefficient (Wildman–Crippen LogP) is 1.33. The van der Waals surface area contributed by atoms with Gasteiger partial charge in [0.2, 0.25) is 0 Å². The Balaban J connectivity index is 2.17. The molecule has 1 heterocycles. The Hall–Kier alpha value is -2.02. The highest BCUT2D eigenvalue weighted by molar-refractivity contribution is 5.94. The van der Waals surface area contributed by atoms with E-state index in [0.29, 0.717) is 25.9 Å². The lowest BCUT2D eigenvalue weighted by Gasteiger charge is -2.29. The number of hydrogen-bond donors (Lipinski definition) is 1. The minimum atomic E-state index is -0.898. The first-order valence-corrected chi connectivity index (χ1v) is 5.90. The minimum absolute atomic E-state index is 0.179. The molecule has 0 saturated carbocycles. The Kier molecular flexibility index (Phi) is 3.75. The summed E-state index contributed by atoms with van der Waals surface area (Å²) in [6.07, 6.45) is 0.492. The Morgan fingerprint density at radius 1 is 1.42 bits per heavy atom. The first-order chi connectivity index (χ1) is 8.99. The molecule has 1 aliphatic heterocycles. The normalized spacial score (nSPS) is 16.4. The molecule has 1 aromatic rings. The summed E-state index contributed by atoms with van der Waals surface area (Å²) in [5.41, 5.74) is -0.565. The lowest BCUT2D eigenvalue weighted by atomic mass is 10.1. The van der Waals surface area contributed by atoms with Gasteiger partial charge in [0.05, 0.1) is 22.7 Å². The van der Waals surface area contributed by atoms with Crippen LogP contribution in [0.1, 0.15) is 23.2 Å². The third kappa shape index (κ3) is 2.87. The Morgan fingerprint density at radius 3 is 2.58 bits per heavy atom. The number of aliphatic hydroxyl groups excluding tert-OH is 1. The van der Waals surface area contributed by atoms with Crippen LogP contribution in [0.4, 0.5) is 10.1 Å². The summed E-state index contributed by atoms with van der Waals surface area (Å²) in [5, 5.41) is 19.8. The number of nitro benzene ring substituents is 1. The van der Waals surface area contributed by atoms with Crippen molar-refractivity contribution in [3.05, 3.63) is 39.7 Å². The zero-order valence-electron chi connectivity index (χ0n) is 10.1. The van der Waals surface area contributed by atoms with E-state index in [1.165, 1.54) is 4.90 Å². The van der Waals surface area contributed by atoms with E-state index in [1.54, 1.807) is 0 Å². The highest BCUT2D eigenvalue weighted by atomic mass is 19.1. The van der Waals surface area contributed by atoms with Crippen molar-refractivity contribution in [3.8, 4) is 0 Å². The SMILES string of the molecule is O=C(c1ccc([N+](=O)[O-])cc1F)N1CCC(O)CC1. The molecule has 0 radical (unpaired) electrons. The van der Waals surface area contributed by atoms with Crippen molar-refractivity contribution < 1.29 is 19.2 Å². The van der Waals surface area contributed by atoms with Gasteiger partial charge in [-0.25, -0.2) is 4.39 Å². The lowest BCUT2D eigenvalue weighted by molar-refractivity contribution is -0.385. The van der Waals surface area contributed by atoms with Crippen LogP contribution in [0.5, 0.6) is 0 Å². The molecule has 1 fully saturated rings. The highest BCUT2D eigenvalue weighted by Crippen LogP contribution is 2.20. The van der Waals surface area contributed by atoms with Crippen LogP contribution in [0.25, 0.3) is 0 Å². The summed E-state index contributed by atoms with van der Waals surface area (Å²) in [6.45, 7) is 0.715. The number of hydrogen-bond acceptors (Lipinski definition) is 4. The average molecular weight is 268 g/mol. The summed E-state index contributed by atoms with van der Waals surface area (Å²) in [7, 11) is 0. The van der Waals surface area contributed by atoms with Crippen molar-refractivity contribution in [2.24, 2.45) is 0 Å². The smallest absolute Gasteiger partial charge is 0.272 e. The van der Waals surface area contributed by atoms with E-state index in [2.05, 4.69) is 0 Å². The fourth-order valence-electron chi connectivity index (χ4n) is 2.03. The van der Waals surface area contributed by atoms with Gasteiger partial charge in [0.25, 0.3) is 11.6 Å². The average Bonchev–Trinajstić information content (AvgIpc) is 2.38. The molecular weight excluding hydrogens is 255 g/mol. The maximum atomic E-state index is 13.7. The number of carbonyl (C=O) groups excluding carboxylic acids is 1. The Morgan fingerprint density at radius 2 is 2.05 bits per heavy atom. The highest BCUT2D eigenvalue weighted by Gasteiger charge is 2.25. The molecule has 0 unspecified atom stereocenters. The van der Waals surface area contributed by atoms with Crippen LogP contribution < -0.4 is 0 Å². The molecule has 0 aromatic heterocycles. The number of likely N-dealkylation sites (tertiary alicyclic amines) is 1. The van der Waals surface area contributed by atoms with Gasteiger partial charge in [-0.15, -0.1) is 0 Å². The Bertz CT molecular complexity index is 512. The monoisotopic (exact) mass is 268 g/mol. The van der Waals surface area contributed by atoms with Gasteiger partial charge in [0.1, 0.15) is 5.82 Å². The number of halogens is 1. The van der Waals surface area contributed by atoms with Crippen LogP contribution in [-0.4, -0.2) is 40.0 Å². The van der Waals surface area contributed by atoms with Crippen LogP contribution in [0.3, 0.4) is 0 Å². The first kappa shape index (κ1) is 13.4. The quantitative estimate of drug-likeness (QED) is 0.648. The van der Waals surface area contributed by atoms with E-state index in [9.17, 15) is 24.4 Å². The molecule has 7 heteroatoms. The fourth-order valence-corrected chi connectivity index (χ4v) is 2.03. The minimum Gasteiger partial charge on any atom is -0.393 e. The molecule has 1 N–H and O–H groups in total. The van der Waals surface area contributed by atoms with Crippen LogP contribution in [0, 0.1) is 15.9 Å². The summed E-state index contributed by atoms with van der Waals surface area (Å²) in [6, 6.07) is 2.97. The van der Waals surface area contributed by atoms with Crippen LogP contribution in [-0.2, 0) is 0 Å². The molecule has 2 rings (SSSR count). The van der Waals surface area contributed by atoms with Crippen LogP contribution in [0.15, 0.2) is 18.2 Å². The zero-order chi connectivity index (χ0) is 14.0. The van der Waals surface area contributed by atoms with Gasteiger partial charge in [-0.2, -0.15) is 0 Å². The molecule has 1 saturated heterocycles. The van der Waals surface area contributed by atoms with E-state index in [-0.39, 0.29) is 11.3 Å². The van der Waals surface area contributed by atoms with Crippen LogP contribution in [0.2, 0.25) is 0 Å². The molecular formula is C12H13FN2O4. The number of carbonyl (C=O) groups is 1. The topological polar surface area (TPSA) is 83.7 Å². The van der Waals surface area contributed by atoms with Gasteiger partial charge in [0, 0.05) is 19.2 Å². The number of nitro groups is 1. The molecule has 102 valence electrons. The molecule has 1 amide bonds. The van der Waals surface area contributed by atoms with Gasteiger partial charge in [-0.05, 0) is 18.9 Å². The summed E-state index contributed by atoms with van der Waals surface area (Å²) in [4.78, 5) is 23.3. The number of rotatable bonds is 2. The maximum Gasteiger partial charge on any atom is 0.272 e. The van der Waals surface area contributed by atoms with Crippen molar-refractivity contribution in [1.29, 1.82) is 0 Å². The standard InChI is InChI=1S/C12H13FN2O4/c13-11-7-8(15(18)19)1-2-10(11)12(17)14-5-3-9(16)4-6-14/h1-2,7,9,16H,3-6H2. The summed E-state index contributed by atoms with van der Waals surface area (Å²) < 4.78 is 13.7. The number of aliphatic hydroxyl groups is 1. The third-order valence-electron chi connectivity index (χ3n) is 3.15. The van der Waals surface area contributed by atoms with Crippen molar-refractivity contribution in [2.75, 3.05) is 13.1 Å². The largest absolute Gasteiger partial charge is 0.393 e. The second-order valence-electron chi connectivity index (χ2n) is 4.44. The number of non-ortho nitro benzene ring substituents is 1. The molecule has 0 aliphatic carbocycles. The number of benzene rings is 1. The van der Waals surface area contributed by atoms with Gasteiger partial charge < -0.3 is 10.0 Å². The van der Waals surface area contributed by atoms with Gasteiger partial charge in [0.15, 0.2) is 0 Å². The van der Waals surface area contributed by atoms with Crippen molar-refractivity contribution in [2.45, 2.75) is 18.9 Å². The molecule has 6 nitrogen and oxygen atoms in total. The summed E-state index contributed by atoms with van der Waals surface area (Å²) in [5.74, 6) is -1.40. The van der Waals surface area contributed by atoms with Crippen LogP contribution >= 0.6 is 0 Å². The Labute approximate surface area is 108 Å². The molecule has 1 aliphatic rings. The number of nitrogens with zero attached hydrogens (tertiary/aromatic N) is 2. The van der Waals surface area contributed by atoms with E-state index in [0.717, 1.165) is 18.2 Å². The first-order valence-electron chi connectivity index (χ1n) is 5.90. The van der Waals surface area contributed by atoms with Gasteiger partial charge >= 0.3 is 0 Å².